The third-order valence-electron chi connectivity index (χ3n) is 3.72. The zero-order valence-corrected chi connectivity index (χ0v) is 14.8. The summed E-state index contributed by atoms with van der Waals surface area (Å²) in [5, 5.41) is 15.3. The van der Waals surface area contributed by atoms with E-state index in [-0.39, 0.29) is 5.56 Å². The summed E-state index contributed by atoms with van der Waals surface area (Å²) in [5.74, 6) is 1.37. The maximum absolute atomic E-state index is 11.1. The van der Waals surface area contributed by atoms with Gasteiger partial charge >= 0.3 is 5.97 Å². The first kappa shape index (κ1) is 18.0. The Morgan fingerprint density at radius 2 is 1.74 bits per heavy atom. The molecule has 0 amide bonds. The predicted octanol–water partition coefficient (Wildman–Crippen LogP) is 3.68. The van der Waals surface area contributed by atoms with E-state index in [0.29, 0.717) is 34.5 Å². The topological polar surface area (TPSA) is 106 Å². The van der Waals surface area contributed by atoms with Gasteiger partial charge in [-0.3, -0.25) is 0 Å². The van der Waals surface area contributed by atoms with Gasteiger partial charge in [-0.05, 0) is 30.3 Å². The van der Waals surface area contributed by atoms with Crippen LogP contribution in [0, 0.1) is 0 Å². The van der Waals surface area contributed by atoms with Crippen LogP contribution in [0.15, 0.2) is 54.9 Å². The summed E-state index contributed by atoms with van der Waals surface area (Å²) < 4.78 is 10.6. The quantitative estimate of drug-likeness (QED) is 0.581. The van der Waals surface area contributed by atoms with Crippen molar-refractivity contribution in [2.75, 3.05) is 24.9 Å². The van der Waals surface area contributed by atoms with Crippen LogP contribution < -0.4 is 20.1 Å². The van der Waals surface area contributed by atoms with Crippen molar-refractivity contribution < 1.29 is 19.4 Å². The molecule has 0 fully saturated rings. The lowest BCUT2D eigenvalue weighted by Crippen LogP contribution is -2.01. The summed E-state index contributed by atoms with van der Waals surface area (Å²) in [6.07, 6.45) is 1.40. The molecule has 3 aromatic rings. The third kappa shape index (κ3) is 4.43. The van der Waals surface area contributed by atoms with Crippen LogP contribution in [0.25, 0.3) is 0 Å². The maximum atomic E-state index is 11.1. The van der Waals surface area contributed by atoms with Crippen molar-refractivity contribution in [3.8, 4) is 11.5 Å². The molecule has 0 aliphatic rings. The van der Waals surface area contributed by atoms with Gasteiger partial charge in [0.15, 0.2) is 0 Å². The van der Waals surface area contributed by atoms with E-state index in [9.17, 15) is 4.79 Å². The van der Waals surface area contributed by atoms with Crippen LogP contribution in [-0.2, 0) is 0 Å². The maximum Gasteiger partial charge on any atom is 0.335 e. The molecule has 0 aliphatic carbocycles. The van der Waals surface area contributed by atoms with Gasteiger partial charge in [-0.2, -0.15) is 0 Å². The molecule has 1 heterocycles. The fraction of sp³-hybridized carbons (Fsp3) is 0.105. The molecule has 1 aromatic heterocycles. The number of aromatic carboxylic acids is 1. The number of carbonyl (C=O) groups is 1. The van der Waals surface area contributed by atoms with Crippen molar-refractivity contribution in [3.05, 3.63) is 60.4 Å². The second-order valence-corrected chi connectivity index (χ2v) is 5.49. The Morgan fingerprint density at radius 1 is 0.963 bits per heavy atom. The van der Waals surface area contributed by atoms with E-state index in [1.807, 2.05) is 0 Å². The molecule has 3 N–H and O–H groups in total. The van der Waals surface area contributed by atoms with Crippen LogP contribution >= 0.6 is 0 Å². The van der Waals surface area contributed by atoms with Gasteiger partial charge in [0, 0.05) is 17.8 Å². The monoisotopic (exact) mass is 366 g/mol. The van der Waals surface area contributed by atoms with Gasteiger partial charge in [0.25, 0.3) is 0 Å². The second kappa shape index (κ2) is 8.05. The van der Waals surface area contributed by atoms with E-state index in [4.69, 9.17) is 14.6 Å². The average Bonchev–Trinajstić information content (AvgIpc) is 2.68. The van der Waals surface area contributed by atoms with Crippen molar-refractivity contribution in [1.29, 1.82) is 0 Å². The lowest BCUT2D eigenvalue weighted by Gasteiger charge is -2.13. The van der Waals surface area contributed by atoms with Crippen molar-refractivity contribution in [3.63, 3.8) is 0 Å². The van der Waals surface area contributed by atoms with Crippen LogP contribution in [0.3, 0.4) is 0 Å². The number of anilines is 4. The van der Waals surface area contributed by atoms with E-state index in [2.05, 4.69) is 20.6 Å². The highest BCUT2D eigenvalue weighted by Crippen LogP contribution is 2.31. The molecule has 0 radical (unpaired) electrons. The van der Waals surface area contributed by atoms with Gasteiger partial charge in [0.2, 0.25) is 0 Å². The van der Waals surface area contributed by atoms with Gasteiger partial charge in [-0.25, -0.2) is 14.8 Å². The summed E-state index contributed by atoms with van der Waals surface area (Å²) in [6.45, 7) is 0. The minimum absolute atomic E-state index is 0.188. The van der Waals surface area contributed by atoms with E-state index in [1.54, 1.807) is 50.6 Å². The molecule has 8 heteroatoms. The van der Waals surface area contributed by atoms with Gasteiger partial charge in [0.05, 0.1) is 25.5 Å². The van der Waals surface area contributed by atoms with E-state index >= 15 is 0 Å². The lowest BCUT2D eigenvalue weighted by molar-refractivity contribution is 0.0697. The number of hydrogen-bond donors (Lipinski definition) is 3. The molecular weight excluding hydrogens is 348 g/mol. The van der Waals surface area contributed by atoms with Crippen molar-refractivity contribution in [2.24, 2.45) is 0 Å². The normalized spacial score (nSPS) is 10.1. The Hall–Kier alpha value is -3.81. The van der Waals surface area contributed by atoms with Gasteiger partial charge in [0.1, 0.15) is 29.5 Å². The zero-order valence-electron chi connectivity index (χ0n) is 14.8. The van der Waals surface area contributed by atoms with Crippen LogP contribution in [-0.4, -0.2) is 35.3 Å². The molecule has 27 heavy (non-hydrogen) atoms. The number of carboxylic acid groups (broad SMARTS) is 1. The molecule has 0 aliphatic heterocycles. The Morgan fingerprint density at radius 3 is 2.44 bits per heavy atom. The number of aromatic nitrogens is 2. The van der Waals surface area contributed by atoms with Crippen LogP contribution in [0.5, 0.6) is 11.5 Å². The number of nitrogens with zero attached hydrogens (tertiary/aromatic N) is 2. The standard InChI is InChI=1S/C19H18N4O4/c1-26-14-6-7-16(27-2)15(9-14)23-18-10-17(20-11-21-18)22-13-5-3-4-12(8-13)19(24)25/h3-11H,1-2H3,(H,24,25)(H2,20,21,22,23). The van der Waals surface area contributed by atoms with Gasteiger partial charge in [-0.1, -0.05) is 6.07 Å². The number of carboxylic acids is 1. The Bertz CT molecular complexity index is 962. The number of methoxy groups -OCH3 is 2. The zero-order chi connectivity index (χ0) is 19.2. The fourth-order valence-corrected chi connectivity index (χ4v) is 2.42. The first-order valence-electron chi connectivity index (χ1n) is 8.00. The average molecular weight is 366 g/mol. The molecule has 0 atom stereocenters. The largest absolute Gasteiger partial charge is 0.497 e. The second-order valence-electron chi connectivity index (χ2n) is 5.49. The Kier molecular flexibility index (Phi) is 5.36. The number of nitrogens with one attached hydrogen (secondary N) is 2. The highest BCUT2D eigenvalue weighted by molar-refractivity contribution is 5.89. The van der Waals surface area contributed by atoms with Crippen molar-refractivity contribution >= 4 is 29.0 Å². The van der Waals surface area contributed by atoms with E-state index < -0.39 is 5.97 Å². The molecule has 8 nitrogen and oxygen atoms in total. The highest BCUT2D eigenvalue weighted by Gasteiger charge is 2.08. The molecule has 0 bridgehead atoms. The molecule has 0 saturated carbocycles. The number of hydrogen-bond acceptors (Lipinski definition) is 7. The fourth-order valence-electron chi connectivity index (χ4n) is 2.42. The van der Waals surface area contributed by atoms with Gasteiger partial charge in [-0.15, -0.1) is 0 Å². The SMILES string of the molecule is COc1ccc(OC)c(Nc2cc(Nc3cccc(C(=O)O)c3)ncn2)c1. The Balaban J connectivity index is 1.82. The summed E-state index contributed by atoms with van der Waals surface area (Å²) in [6, 6.07) is 13.6. The highest BCUT2D eigenvalue weighted by atomic mass is 16.5. The summed E-state index contributed by atoms with van der Waals surface area (Å²) >= 11 is 0. The number of ether oxygens (including phenoxy) is 2. The first-order chi connectivity index (χ1) is 13.1. The molecule has 138 valence electrons. The van der Waals surface area contributed by atoms with Crippen LogP contribution in [0.1, 0.15) is 10.4 Å². The van der Waals surface area contributed by atoms with Crippen molar-refractivity contribution in [1.82, 2.24) is 9.97 Å². The van der Waals surface area contributed by atoms with E-state index in [1.165, 1.54) is 18.5 Å². The Labute approximate surface area is 155 Å². The van der Waals surface area contributed by atoms with Crippen LogP contribution in [0.2, 0.25) is 0 Å². The number of benzene rings is 2. The first-order valence-corrected chi connectivity index (χ1v) is 8.00. The smallest absolute Gasteiger partial charge is 0.335 e. The predicted molar refractivity (Wildman–Crippen MR) is 102 cm³/mol. The molecular formula is C19H18N4O4. The lowest BCUT2D eigenvalue weighted by atomic mass is 10.2. The summed E-state index contributed by atoms with van der Waals surface area (Å²) in [4.78, 5) is 19.5. The van der Waals surface area contributed by atoms with Crippen LogP contribution in [0.4, 0.5) is 23.0 Å². The van der Waals surface area contributed by atoms with Gasteiger partial charge < -0.3 is 25.2 Å². The number of rotatable bonds is 7. The van der Waals surface area contributed by atoms with Crippen molar-refractivity contribution in [2.45, 2.75) is 0 Å². The molecule has 2 aromatic carbocycles. The molecule has 0 unspecified atom stereocenters. The molecule has 0 spiro atoms. The van der Waals surface area contributed by atoms with E-state index in [0.717, 1.165) is 0 Å². The minimum atomic E-state index is -0.992. The third-order valence-corrected chi connectivity index (χ3v) is 3.72. The molecule has 0 saturated heterocycles. The summed E-state index contributed by atoms with van der Waals surface area (Å²) in [5.41, 5.74) is 1.49. The summed E-state index contributed by atoms with van der Waals surface area (Å²) in [7, 11) is 3.17. The molecule has 3 rings (SSSR count). The minimum Gasteiger partial charge on any atom is -0.497 e.